The molecule has 0 fully saturated rings. The number of nitrogens with zero attached hydrogens (tertiary/aromatic N) is 1. The van der Waals surface area contributed by atoms with Crippen LogP contribution in [0.1, 0.15) is 30.5 Å². The Morgan fingerprint density at radius 3 is 2.57 bits per heavy atom. The summed E-state index contributed by atoms with van der Waals surface area (Å²) in [5, 5.41) is 4.37. The fourth-order valence-electron chi connectivity index (χ4n) is 2.62. The molecule has 0 saturated carbocycles. The van der Waals surface area contributed by atoms with Gasteiger partial charge in [-0.3, -0.25) is 0 Å². The molecular formula is C19H22N2OS. The molecule has 0 atom stereocenters. The van der Waals surface area contributed by atoms with Crippen LogP contribution < -0.4 is 10.1 Å². The number of rotatable bonds is 5. The molecule has 3 aromatic rings. The average molecular weight is 326 g/mol. The highest BCUT2D eigenvalue weighted by Crippen LogP contribution is 2.37. The Bertz CT molecular complexity index is 809. The van der Waals surface area contributed by atoms with Crippen LogP contribution in [0.2, 0.25) is 0 Å². The minimum absolute atomic E-state index is 0.141. The van der Waals surface area contributed by atoms with Gasteiger partial charge >= 0.3 is 0 Å². The summed E-state index contributed by atoms with van der Waals surface area (Å²) in [5.74, 6) is 0.907. The third kappa shape index (κ3) is 3.48. The molecule has 3 nitrogen and oxygen atoms in total. The van der Waals surface area contributed by atoms with Crippen LogP contribution >= 0.6 is 11.3 Å². The van der Waals surface area contributed by atoms with Crippen LogP contribution in [0.25, 0.3) is 10.2 Å². The van der Waals surface area contributed by atoms with Gasteiger partial charge in [-0.15, -0.1) is 0 Å². The SMILES string of the molecule is Cc1cc(C)c2sc(NCc3ccccc3)nc2c1OC(C)C. The van der Waals surface area contributed by atoms with Crippen LogP contribution in [0.4, 0.5) is 5.13 Å². The number of benzene rings is 2. The van der Waals surface area contributed by atoms with E-state index in [4.69, 9.17) is 9.72 Å². The lowest BCUT2D eigenvalue weighted by Gasteiger charge is -2.13. The zero-order chi connectivity index (χ0) is 16.4. The summed E-state index contributed by atoms with van der Waals surface area (Å²) < 4.78 is 7.20. The molecule has 3 rings (SSSR count). The van der Waals surface area contributed by atoms with Gasteiger partial charge in [0.2, 0.25) is 0 Å². The molecule has 0 saturated heterocycles. The van der Waals surface area contributed by atoms with Crippen molar-refractivity contribution < 1.29 is 4.74 Å². The summed E-state index contributed by atoms with van der Waals surface area (Å²) in [5.41, 5.74) is 4.61. The maximum absolute atomic E-state index is 6.01. The maximum atomic E-state index is 6.01. The van der Waals surface area contributed by atoms with Crippen molar-refractivity contribution in [2.75, 3.05) is 5.32 Å². The van der Waals surface area contributed by atoms with Crippen molar-refractivity contribution in [2.45, 2.75) is 40.3 Å². The molecule has 0 aliphatic rings. The van der Waals surface area contributed by atoms with Gasteiger partial charge in [0.25, 0.3) is 0 Å². The van der Waals surface area contributed by atoms with Crippen LogP contribution in [0, 0.1) is 13.8 Å². The zero-order valence-corrected chi connectivity index (χ0v) is 14.8. The van der Waals surface area contributed by atoms with Gasteiger partial charge in [0.15, 0.2) is 5.13 Å². The lowest BCUT2D eigenvalue weighted by molar-refractivity contribution is 0.243. The summed E-state index contributed by atoms with van der Waals surface area (Å²) in [4.78, 5) is 4.78. The van der Waals surface area contributed by atoms with E-state index in [0.717, 1.165) is 28.5 Å². The van der Waals surface area contributed by atoms with Crippen molar-refractivity contribution in [2.24, 2.45) is 0 Å². The standard InChI is InChI=1S/C19H22N2OS/c1-12(2)22-17-13(3)10-14(4)18-16(17)21-19(23-18)20-11-15-8-6-5-7-9-15/h5-10,12H,11H2,1-4H3,(H,20,21). The topological polar surface area (TPSA) is 34.2 Å². The van der Waals surface area contributed by atoms with Gasteiger partial charge in [-0.05, 0) is 44.4 Å². The Morgan fingerprint density at radius 2 is 1.87 bits per heavy atom. The van der Waals surface area contributed by atoms with Crippen molar-refractivity contribution in [3.05, 3.63) is 53.1 Å². The summed E-state index contributed by atoms with van der Waals surface area (Å²) in [7, 11) is 0. The Morgan fingerprint density at radius 1 is 1.13 bits per heavy atom. The predicted octanol–water partition coefficient (Wildman–Crippen LogP) is 5.31. The van der Waals surface area contributed by atoms with Crippen LogP contribution in [0.5, 0.6) is 5.75 Å². The van der Waals surface area contributed by atoms with Gasteiger partial charge < -0.3 is 10.1 Å². The van der Waals surface area contributed by atoms with Crippen molar-refractivity contribution in [1.82, 2.24) is 4.98 Å². The summed E-state index contributed by atoms with van der Waals surface area (Å²) >= 11 is 1.69. The van der Waals surface area contributed by atoms with Gasteiger partial charge in [0, 0.05) is 6.54 Å². The first-order chi connectivity index (χ1) is 11.0. The van der Waals surface area contributed by atoms with Gasteiger partial charge in [-0.1, -0.05) is 47.7 Å². The molecule has 120 valence electrons. The molecule has 0 aliphatic heterocycles. The molecule has 1 aromatic heterocycles. The zero-order valence-electron chi connectivity index (χ0n) is 14.0. The summed E-state index contributed by atoms with van der Waals surface area (Å²) in [6.45, 7) is 9.09. The van der Waals surface area contributed by atoms with Gasteiger partial charge in [-0.2, -0.15) is 0 Å². The van der Waals surface area contributed by atoms with Crippen LogP contribution in [0.3, 0.4) is 0 Å². The number of hydrogen-bond acceptors (Lipinski definition) is 4. The summed E-state index contributed by atoms with van der Waals surface area (Å²) in [6, 6.07) is 12.5. The maximum Gasteiger partial charge on any atom is 0.184 e. The molecule has 4 heteroatoms. The quantitative estimate of drug-likeness (QED) is 0.689. The van der Waals surface area contributed by atoms with E-state index in [0.29, 0.717) is 0 Å². The molecule has 0 amide bonds. The normalized spacial score (nSPS) is 11.2. The van der Waals surface area contributed by atoms with E-state index in [1.54, 1.807) is 11.3 Å². The number of anilines is 1. The Hall–Kier alpha value is -2.07. The van der Waals surface area contributed by atoms with E-state index in [2.05, 4.69) is 49.5 Å². The number of ether oxygens (including phenoxy) is 1. The Kier molecular flexibility index (Phi) is 4.53. The highest BCUT2D eigenvalue weighted by Gasteiger charge is 2.15. The predicted molar refractivity (Wildman–Crippen MR) is 98.6 cm³/mol. The molecule has 0 bridgehead atoms. The van der Waals surface area contributed by atoms with E-state index >= 15 is 0 Å². The average Bonchev–Trinajstić information content (AvgIpc) is 2.95. The monoisotopic (exact) mass is 326 g/mol. The minimum atomic E-state index is 0.141. The fourth-order valence-corrected chi connectivity index (χ4v) is 3.55. The van der Waals surface area contributed by atoms with Gasteiger partial charge in [0.05, 0.1) is 10.8 Å². The van der Waals surface area contributed by atoms with Gasteiger partial charge in [-0.25, -0.2) is 4.98 Å². The van der Waals surface area contributed by atoms with Crippen LogP contribution in [0.15, 0.2) is 36.4 Å². The number of hydrogen-bond donors (Lipinski definition) is 1. The van der Waals surface area contributed by atoms with Crippen molar-refractivity contribution in [3.8, 4) is 5.75 Å². The number of aryl methyl sites for hydroxylation is 2. The first kappa shape index (κ1) is 15.8. The minimum Gasteiger partial charge on any atom is -0.488 e. The second-order valence-corrected chi connectivity index (χ2v) is 7.04. The second kappa shape index (κ2) is 6.59. The molecule has 1 heterocycles. The lowest BCUT2D eigenvalue weighted by Crippen LogP contribution is -2.07. The van der Waals surface area contributed by atoms with Gasteiger partial charge in [0.1, 0.15) is 11.3 Å². The number of nitrogens with one attached hydrogen (secondary N) is 1. The van der Waals surface area contributed by atoms with E-state index in [9.17, 15) is 0 Å². The number of thiazole rings is 1. The molecule has 23 heavy (non-hydrogen) atoms. The van der Waals surface area contributed by atoms with E-state index < -0.39 is 0 Å². The molecule has 0 aliphatic carbocycles. The van der Waals surface area contributed by atoms with E-state index in [-0.39, 0.29) is 6.10 Å². The van der Waals surface area contributed by atoms with Crippen molar-refractivity contribution in [1.29, 1.82) is 0 Å². The molecule has 0 radical (unpaired) electrons. The molecular weight excluding hydrogens is 304 g/mol. The lowest BCUT2D eigenvalue weighted by atomic mass is 10.1. The second-order valence-electron chi connectivity index (χ2n) is 6.04. The third-order valence-corrected chi connectivity index (χ3v) is 4.78. The van der Waals surface area contributed by atoms with E-state index in [1.165, 1.54) is 15.8 Å². The first-order valence-electron chi connectivity index (χ1n) is 7.90. The first-order valence-corrected chi connectivity index (χ1v) is 8.71. The highest BCUT2D eigenvalue weighted by atomic mass is 32.1. The number of aromatic nitrogens is 1. The third-order valence-electron chi connectivity index (χ3n) is 3.63. The largest absolute Gasteiger partial charge is 0.488 e. The molecule has 0 spiro atoms. The molecule has 1 N–H and O–H groups in total. The van der Waals surface area contributed by atoms with Crippen LogP contribution in [-0.2, 0) is 6.54 Å². The van der Waals surface area contributed by atoms with E-state index in [1.807, 2.05) is 19.9 Å². The smallest absolute Gasteiger partial charge is 0.184 e. The molecule has 2 aromatic carbocycles. The van der Waals surface area contributed by atoms with Crippen LogP contribution in [-0.4, -0.2) is 11.1 Å². The Labute approximate surface area is 141 Å². The van der Waals surface area contributed by atoms with Crippen molar-refractivity contribution >= 4 is 26.7 Å². The highest BCUT2D eigenvalue weighted by molar-refractivity contribution is 7.22. The van der Waals surface area contributed by atoms with Crippen molar-refractivity contribution in [3.63, 3.8) is 0 Å². The molecule has 0 unspecified atom stereocenters. The number of fused-ring (bicyclic) bond motifs is 1. The fraction of sp³-hybridized carbons (Fsp3) is 0.316. The Balaban J connectivity index is 1.92. The summed E-state index contributed by atoms with van der Waals surface area (Å²) in [6.07, 6.45) is 0.141.